The van der Waals surface area contributed by atoms with E-state index in [4.69, 9.17) is 28.4 Å². The number of carbonyl (C=O) groups excluding carboxylic acids is 5. The number of unbranched alkanes of at least 4 members (excludes halogenated alkanes) is 32. The second kappa shape index (κ2) is 49.4. The first-order valence-electron chi connectivity index (χ1n) is 28.7. The minimum atomic E-state index is -2.21. The summed E-state index contributed by atoms with van der Waals surface area (Å²) in [7, 11) is 1.41. The summed E-state index contributed by atoms with van der Waals surface area (Å²) in [4.78, 5) is 81.9. The van der Waals surface area contributed by atoms with Crippen LogP contribution < -0.4 is 0 Å². The third kappa shape index (κ3) is 39.4. The summed E-state index contributed by atoms with van der Waals surface area (Å²) in [5.74, 6) is -6.14. The number of esters is 5. The highest BCUT2D eigenvalue weighted by molar-refractivity contribution is 5.83. The molecule has 70 heavy (non-hydrogen) atoms. The molecule has 13 heteroatoms. The zero-order valence-electron chi connectivity index (χ0n) is 45.4. The number of hydrogen-bond donors (Lipinski definition) is 1. The van der Waals surface area contributed by atoms with E-state index in [1.165, 1.54) is 90.6 Å². The highest BCUT2D eigenvalue weighted by atomic mass is 16.7. The van der Waals surface area contributed by atoms with Gasteiger partial charge in [0.05, 0.1) is 6.61 Å². The Hall–Kier alpha value is -3.22. The number of carbonyl (C=O) groups is 6. The summed E-state index contributed by atoms with van der Waals surface area (Å²) in [5, 5.41) is 10.7. The van der Waals surface area contributed by atoms with Crippen LogP contribution in [-0.2, 0) is 57.2 Å². The topological polar surface area (TPSA) is 178 Å². The molecule has 13 nitrogen and oxygen atoms in total. The number of ether oxygens (including phenoxy) is 6. The lowest BCUT2D eigenvalue weighted by atomic mass is 10.0. The van der Waals surface area contributed by atoms with Gasteiger partial charge in [-0.2, -0.15) is 0 Å². The van der Waals surface area contributed by atoms with Gasteiger partial charge < -0.3 is 33.5 Å². The van der Waals surface area contributed by atoms with Gasteiger partial charge in [-0.15, -0.1) is 0 Å². The molecule has 0 aromatic heterocycles. The normalized spacial score (nSPS) is 13.0. The fourth-order valence-electron chi connectivity index (χ4n) is 8.56. The standard InChI is InChI=1S/C57H104O13/c1-6-10-14-18-22-26-30-34-38-42-48(58)67-52(54(56(62)63)69-50(60)44-40-36-32-28-24-20-16-12-8-3)53(68-49(59)43-39-35-31-27-23-19-15-11-7-2)55(57(64)66-47-46-65-5)70-51(61)45-41-37-33-29-25-21-17-13-9-4/h52-55H,6-47H2,1-5H3,(H,62,63). The van der Waals surface area contributed by atoms with Gasteiger partial charge in [-0.3, -0.25) is 19.2 Å². The van der Waals surface area contributed by atoms with Crippen LogP contribution in [0, 0.1) is 0 Å². The second-order valence-electron chi connectivity index (χ2n) is 19.5. The van der Waals surface area contributed by atoms with Crippen molar-refractivity contribution in [3.05, 3.63) is 0 Å². The van der Waals surface area contributed by atoms with Gasteiger partial charge in [-0.05, 0) is 25.7 Å². The van der Waals surface area contributed by atoms with Crippen LogP contribution in [0.4, 0.5) is 0 Å². The molecule has 4 unspecified atom stereocenters. The molecule has 0 amide bonds. The minimum absolute atomic E-state index is 0.0146. The van der Waals surface area contributed by atoms with Crippen molar-refractivity contribution in [1.29, 1.82) is 0 Å². The number of aliphatic carboxylic acids is 1. The highest BCUT2D eigenvalue weighted by Gasteiger charge is 2.50. The van der Waals surface area contributed by atoms with Crippen molar-refractivity contribution in [3.8, 4) is 0 Å². The maximum atomic E-state index is 14.0. The summed E-state index contributed by atoms with van der Waals surface area (Å²) in [5.41, 5.74) is 0. The van der Waals surface area contributed by atoms with Gasteiger partial charge in [0.25, 0.3) is 0 Å². The van der Waals surface area contributed by atoms with Crippen molar-refractivity contribution in [1.82, 2.24) is 0 Å². The van der Waals surface area contributed by atoms with Crippen LogP contribution in [-0.4, -0.2) is 85.7 Å². The largest absolute Gasteiger partial charge is 0.478 e. The molecular formula is C57H104O13. The van der Waals surface area contributed by atoms with Crippen LogP contribution in [0.3, 0.4) is 0 Å². The Labute approximate surface area is 426 Å². The van der Waals surface area contributed by atoms with Crippen molar-refractivity contribution in [2.24, 2.45) is 0 Å². The van der Waals surface area contributed by atoms with Crippen molar-refractivity contribution in [2.45, 2.75) is 309 Å². The van der Waals surface area contributed by atoms with Crippen LogP contribution in [0.5, 0.6) is 0 Å². The van der Waals surface area contributed by atoms with Gasteiger partial charge in [0, 0.05) is 32.8 Å². The van der Waals surface area contributed by atoms with E-state index in [1.54, 1.807) is 0 Å². The molecule has 0 aliphatic heterocycles. The van der Waals surface area contributed by atoms with E-state index in [0.717, 1.165) is 122 Å². The zero-order valence-corrected chi connectivity index (χ0v) is 45.4. The number of methoxy groups -OCH3 is 1. The Balaban J connectivity index is 6.66. The van der Waals surface area contributed by atoms with Gasteiger partial charge in [0.1, 0.15) is 6.61 Å². The third-order valence-electron chi connectivity index (χ3n) is 12.9. The van der Waals surface area contributed by atoms with Crippen LogP contribution in [0.2, 0.25) is 0 Å². The molecule has 0 saturated carbocycles. The summed E-state index contributed by atoms with van der Waals surface area (Å²) in [6.45, 7) is 8.43. The van der Waals surface area contributed by atoms with E-state index in [-0.39, 0.29) is 38.9 Å². The monoisotopic (exact) mass is 997 g/mol. The number of rotatable bonds is 52. The van der Waals surface area contributed by atoms with Gasteiger partial charge >= 0.3 is 35.8 Å². The first-order chi connectivity index (χ1) is 34.1. The number of hydrogen-bond acceptors (Lipinski definition) is 12. The fraction of sp³-hybridized carbons (Fsp3) is 0.895. The Bertz CT molecular complexity index is 1290. The predicted octanol–water partition coefficient (Wildman–Crippen LogP) is 14.6. The molecule has 0 rings (SSSR count). The van der Waals surface area contributed by atoms with E-state index >= 15 is 0 Å². The molecule has 0 aromatic carbocycles. The van der Waals surface area contributed by atoms with E-state index in [9.17, 15) is 33.9 Å². The van der Waals surface area contributed by atoms with Gasteiger partial charge in [-0.1, -0.05) is 233 Å². The summed E-state index contributed by atoms with van der Waals surface area (Å²) in [6.07, 6.45) is 27.1. The Morgan fingerprint density at radius 1 is 0.329 bits per heavy atom. The molecule has 0 fully saturated rings. The molecule has 0 aromatic rings. The first kappa shape index (κ1) is 66.8. The van der Waals surface area contributed by atoms with Crippen molar-refractivity contribution in [3.63, 3.8) is 0 Å². The SMILES string of the molecule is CCCCCCCCCCCC(=O)OC(C(=O)O)C(OC(=O)CCCCCCCCCCC)C(OC(=O)CCCCCCCCCCC)C(OC(=O)CCCCCCCCCCC)C(=O)OCCOC. The van der Waals surface area contributed by atoms with Gasteiger partial charge in [0.2, 0.25) is 12.2 Å². The molecule has 410 valence electrons. The van der Waals surface area contributed by atoms with Crippen molar-refractivity contribution >= 4 is 35.8 Å². The highest BCUT2D eigenvalue weighted by Crippen LogP contribution is 2.25. The van der Waals surface area contributed by atoms with Crippen molar-refractivity contribution in [2.75, 3.05) is 20.3 Å². The van der Waals surface area contributed by atoms with E-state index in [0.29, 0.717) is 25.7 Å². The quantitative estimate of drug-likeness (QED) is 0.0346. The lowest BCUT2D eigenvalue weighted by Crippen LogP contribution is -2.56. The van der Waals surface area contributed by atoms with Crippen molar-refractivity contribution < 1.29 is 62.3 Å². The molecule has 0 bridgehead atoms. The first-order valence-corrected chi connectivity index (χ1v) is 28.7. The molecule has 0 saturated heterocycles. The number of carboxylic acid groups (broad SMARTS) is 1. The summed E-state index contributed by atoms with van der Waals surface area (Å²) < 4.78 is 33.8. The second-order valence-corrected chi connectivity index (χ2v) is 19.5. The lowest BCUT2D eigenvalue weighted by Gasteiger charge is -2.34. The molecule has 1 N–H and O–H groups in total. The maximum Gasteiger partial charge on any atom is 0.351 e. The molecule has 4 atom stereocenters. The van der Waals surface area contributed by atoms with Crippen LogP contribution in [0.25, 0.3) is 0 Å². The van der Waals surface area contributed by atoms with E-state index < -0.39 is 60.2 Å². The predicted molar refractivity (Wildman–Crippen MR) is 277 cm³/mol. The number of carboxylic acids is 1. The molecular weight excluding hydrogens is 893 g/mol. The van der Waals surface area contributed by atoms with Crippen LogP contribution >= 0.6 is 0 Å². The van der Waals surface area contributed by atoms with E-state index in [1.807, 2.05) is 0 Å². The molecule has 0 heterocycles. The Morgan fingerprint density at radius 2 is 0.571 bits per heavy atom. The van der Waals surface area contributed by atoms with Gasteiger partial charge in [-0.25, -0.2) is 9.59 Å². The van der Waals surface area contributed by atoms with E-state index in [2.05, 4.69) is 27.7 Å². The Morgan fingerprint density at radius 3 is 0.843 bits per heavy atom. The molecule has 0 aliphatic rings. The average Bonchev–Trinajstić information content (AvgIpc) is 3.34. The summed E-state index contributed by atoms with van der Waals surface area (Å²) >= 11 is 0. The minimum Gasteiger partial charge on any atom is -0.478 e. The Kier molecular flexibility index (Phi) is 47.1. The zero-order chi connectivity index (χ0) is 51.7. The molecule has 0 spiro atoms. The summed E-state index contributed by atoms with van der Waals surface area (Å²) in [6, 6.07) is 0. The molecule has 0 radical (unpaired) electrons. The lowest BCUT2D eigenvalue weighted by molar-refractivity contribution is -0.210. The van der Waals surface area contributed by atoms with Gasteiger partial charge in [0.15, 0.2) is 12.2 Å². The molecule has 0 aliphatic carbocycles. The third-order valence-corrected chi connectivity index (χ3v) is 12.9. The maximum absolute atomic E-state index is 14.0. The fourth-order valence-corrected chi connectivity index (χ4v) is 8.56. The average molecular weight is 997 g/mol. The smallest absolute Gasteiger partial charge is 0.351 e. The van der Waals surface area contributed by atoms with Crippen LogP contribution in [0.1, 0.15) is 285 Å². The van der Waals surface area contributed by atoms with Crippen LogP contribution in [0.15, 0.2) is 0 Å².